The summed E-state index contributed by atoms with van der Waals surface area (Å²) in [5.74, 6) is 0.212. The van der Waals surface area contributed by atoms with E-state index in [9.17, 15) is 4.79 Å². The first kappa shape index (κ1) is 12.8. The van der Waals surface area contributed by atoms with Crippen LogP contribution in [0.2, 0.25) is 0 Å². The van der Waals surface area contributed by atoms with Crippen LogP contribution in [0.15, 0.2) is 0 Å². The summed E-state index contributed by atoms with van der Waals surface area (Å²) < 4.78 is 5.50. The van der Waals surface area contributed by atoms with Gasteiger partial charge in [-0.2, -0.15) is 0 Å². The first-order valence-corrected chi connectivity index (χ1v) is 6.73. The van der Waals surface area contributed by atoms with Gasteiger partial charge in [-0.15, -0.1) is 0 Å². The Kier molecular flexibility index (Phi) is 4.05. The van der Waals surface area contributed by atoms with Crippen molar-refractivity contribution in [3.05, 3.63) is 0 Å². The molecule has 2 N–H and O–H groups in total. The van der Waals surface area contributed by atoms with Crippen LogP contribution in [0.25, 0.3) is 0 Å². The van der Waals surface area contributed by atoms with Crippen molar-refractivity contribution >= 4 is 5.91 Å². The molecule has 0 aromatic carbocycles. The Balaban J connectivity index is 1.87. The predicted octanol–water partition coefficient (Wildman–Crippen LogP) is 1.06. The van der Waals surface area contributed by atoms with Crippen LogP contribution in [0.4, 0.5) is 0 Å². The first-order chi connectivity index (χ1) is 8.10. The third-order valence-electron chi connectivity index (χ3n) is 3.97. The average molecular weight is 240 g/mol. The molecule has 0 spiro atoms. The number of hydrogen-bond donors (Lipinski definition) is 2. The normalized spacial score (nSPS) is 38.7. The topological polar surface area (TPSA) is 50.4 Å². The lowest BCUT2D eigenvalue weighted by Crippen LogP contribution is -2.52. The molecule has 0 aromatic rings. The SMILES string of the molecule is CC1CC(NC(=O)C2(C)CCCNC2)CCO1. The fraction of sp³-hybridized carbons (Fsp3) is 0.923. The maximum absolute atomic E-state index is 12.3. The predicted molar refractivity (Wildman–Crippen MR) is 66.8 cm³/mol. The Morgan fingerprint density at radius 1 is 1.53 bits per heavy atom. The van der Waals surface area contributed by atoms with Gasteiger partial charge in [0.15, 0.2) is 0 Å². The second kappa shape index (κ2) is 5.36. The second-order valence-electron chi connectivity index (χ2n) is 5.72. The number of carbonyl (C=O) groups excluding carboxylic acids is 1. The molecular weight excluding hydrogens is 216 g/mol. The van der Waals surface area contributed by atoms with Crippen molar-refractivity contribution < 1.29 is 9.53 Å². The second-order valence-corrected chi connectivity index (χ2v) is 5.72. The molecule has 17 heavy (non-hydrogen) atoms. The Bertz CT molecular complexity index is 275. The molecule has 2 heterocycles. The van der Waals surface area contributed by atoms with Gasteiger partial charge in [-0.1, -0.05) is 0 Å². The van der Waals surface area contributed by atoms with E-state index >= 15 is 0 Å². The minimum Gasteiger partial charge on any atom is -0.378 e. The quantitative estimate of drug-likeness (QED) is 0.759. The Morgan fingerprint density at radius 3 is 3.00 bits per heavy atom. The number of hydrogen-bond acceptors (Lipinski definition) is 3. The fourth-order valence-corrected chi connectivity index (χ4v) is 2.74. The van der Waals surface area contributed by atoms with E-state index in [1.54, 1.807) is 0 Å². The molecule has 0 aliphatic carbocycles. The van der Waals surface area contributed by atoms with Gasteiger partial charge in [0.05, 0.1) is 11.5 Å². The van der Waals surface area contributed by atoms with Gasteiger partial charge >= 0.3 is 0 Å². The number of rotatable bonds is 2. The fourth-order valence-electron chi connectivity index (χ4n) is 2.74. The molecule has 0 saturated carbocycles. The maximum atomic E-state index is 12.3. The van der Waals surface area contributed by atoms with E-state index in [4.69, 9.17) is 4.74 Å². The van der Waals surface area contributed by atoms with E-state index in [1.165, 1.54) is 0 Å². The zero-order chi connectivity index (χ0) is 12.3. The summed E-state index contributed by atoms with van der Waals surface area (Å²) >= 11 is 0. The lowest BCUT2D eigenvalue weighted by atomic mass is 9.81. The summed E-state index contributed by atoms with van der Waals surface area (Å²) in [4.78, 5) is 12.3. The molecule has 3 atom stereocenters. The van der Waals surface area contributed by atoms with Crippen LogP contribution < -0.4 is 10.6 Å². The molecule has 4 nitrogen and oxygen atoms in total. The maximum Gasteiger partial charge on any atom is 0.227 e. The number of piperidine rings is 1. The molecule has 2 saturated heterocycles. The van der Waals surface area contributed by atoms with E-state index in [0.717, 1.165) is 45.4 Å². The van der Waals surface area contributed by atoms with Gasteiger partial charge in [0, 0.05) is 19.2 Å². The van der Waals surface area contributed by atoms with Crippen molar-refractivity contribution in [2.24, 2.45) is 5.41 Å². The Labute approximate surface area is 103 Å². The number of carbonyl (C=O) groups is 1. The summed E-state index contributed by atoms with van der Waals surface area (Å²) in [6, 6.07) is 0.296. The molecule has 0 radical (unpaired) electrons. The molecule has 2 rings (SSSR count). The highest BCUT2D eigenvalue weighted by atomic mass is 16.5. The van der Waals surface area contributed by atoms with Gasteiger partial charge in [0.1, 0.15) is 0 Å². The third kappa shape index (κ3) is 3.19. The van der Waals surface area contributed by atoms with E-state index in [1.807, 2.05) is 0 Å². The highest BCUT2D eigenvalue weighted by Gasteiger charge is 2.36. The van der Waals surface area contributed by atoms with E-state index in [2.05, 4.69) is 24.5 Å². The molecule has 3 unspecified atom stereocenters. The zero-order valence-electron chi connectivity index (χ0n) is 10.9. The first-order valence-electron chi connectivity index (χ1n) is 6.73. The van der Waals surface area contributed by atoms with Crippen molar-refractivity contribution in [2.75, 3.05) is 19.7 Å². The van der Waals surface area contributed by atoms with Gasteiger partial charge in [0.2, 0.25) is 5.91 Å². The van der Waals surface area contributed by atoms with Crippen molar-refractivity contribution in [3.8, 4) is 0 Å². The van der Waals surface area contributed by atoms with E-state index < -0.39 is 0 Å². The molecule has 4 heteroatoms. The summed E-state index contributed by atoms with van der Waals surface area (Å²) in [5.41, 5.74) is -0.222. The summed E-state index contributed by atoms with van der Waals surface area (Å²) in [6.45, 7) is 6.75. The largest absolute Gasteiger partial charge is 0.378 e. The van der Waals surface area contributed by atoms with Crippen LogP contribution in [-0.2, 0) is 9.53 Å². The Hall–Kier alpha value is -0.610. The molecule has 98 valence electrons. The van der Waals surface area contributed by atoms with Crippen LogP contribution in [-0.4, -0.2) is 37.7 Å². The smallest absolute Gasteiger partial charge is 0.227 e. The minimum atomic E-state index is -0.222. The summed E-state index contributed by atoms with van der Waals surface area (Å²) in [7, 11) is 0. The minimum absolute atomic E-state index is 0.212. The van der Waals surface area contributed by atoms with Gasteiger partial charge in [-0.3, -0.25) is 4.79 Å². The molecular formula is C13H24N2O2. The van der Waals surface area contributed by atoms with Gasteiger partial charge in [0.25, 0.3) is 0 Å². The summed E-state index contributed by atoms with van der Waals surface area (Å²) in [6.07, 6.45) is 4.24. The number of ether oxygens (including phenoxy) is 1. The van der Waals surface area contributed by atoms with Gasteiger partial charge in [-0.05, 0) is 46.1 Å². The molecule has 2 fully saturated rings. The number of nitrogens with one attached hydrogen (secondary N) is 2. The summed E-state index contributed by atoms with van der Waals surface area (Å²) in [5, 5.41) is 6.52. The van der Waals surface area contributed by atoms with Gasteiger partial charge < -0.3 is 15.4 Å². The molecule has 0 aromatic heterocycles. The van der Waals surface area contributed by atoms with Crippen molar-refractivity contribution in [2.45, 2.75) is 51.7 Å². The van der Waals surface area contributed by atoms with Gasteiger partial charge in [-0.25, -0.2) is 0 Å². The third-order valence-corrected chi connectivity index (χ3v) is 3.97. The van der Waals surface area contributed by atoms with Crippen LogP contribution in [0, 0.1) is 5.41 Å². The van der Waals surface area contributed by atoms with Crippen molar-refractivity contribution in [1.29, 1.82) is 0 Å². The van der Waals surface area contributed by atoms with Crippen molar-refractivity contribution in [3.63, 3.8) is 0 Å². The number of amides is 1. The molecule has 1 amide bonds. The van der Waals surface area contributed by atoms with Crippen LogP contribution in [0.3, 0.4) is 0 Å². The highest BCUT2D eigenvalue weighted by molar-refractivity contribution is 5.82. The highest BCUT2D eigenvalue weighted by Crippen LogP contribution is 2.26. The van der Waals surface area contributed by atoms with Crippen LogP contribution in [0.1, 0.15) is 39.5 Å². The van der Waals surface area contributed by atoms with Crippen LogP contribution in [0.5, 0.6) is 0 Å². The van der Waals surface area contributed by atoms with Crippen LogP contribution >= 0.6 is 0 Å². The molecule has 2 aliphatic rings. The lowest BCUT2D eigenvalue weighted by Gasteiger charge is -2.36. The van der Waals surface area contributed by atoms with E-state index in [0.29, 0.717) is 6.04 Å². The molecule has 0 bridgehead atoms. The van der Waals surface area contributed by atoms with E-state index in [-0.39, 0.29) is 17.4 Å². The average Bonchev–Trinajstić information content (AvgIpc) is 2.30. The lowest BCUT2D eigenvalue weighted by molar-refractivity contribution is -0.132. The zero-order valence-corrected chi connectivity index (χ0v) is 10.9. The Morgan fingerprint density at radius 2 is 2.35 bits per heavy atom. The monoisotopic (exact) mass is 240 g/mol. The van der Waals surface area contributed by atoms with Crippen molar-refractivity contribution in [1.82, 2.24) is 10.6 Å². The molecule has 2 aliphatic heterocycles. The standard InChI is InChI=1S/C13H24N2O2/c1-10-8-11(4-7-17-10)15-12(16)13(2)5-3-6-14-9-13/h10-11,14H,3-9H2,1-2H3,(H,15,16).